The zero-order valence-corrected chi connectivity index (χ0v) is 19.5. The van der Waals surface area contributed by atoms with Crippen molar-refractivity contribution in [3.63, 3.8) is 0 Å². The van der Waals surface area contributed by atoms with E-state index in [9.17, 15) is 5.26 Å². The van der Waals surface area contributed by atoms with E-state index in [-0.39, 0.29) is 6.10 Å². The number of aryl methyl sites for hydroxylation is 1. The van der Waals surface area contributed by atoms with Crippen molar-refractivity contribution >= 4 is 11.6 Å². The quantitative estimate of drug-likeness (QED) is 0.415. The van der Waals surface area contributed by atoms with E-state index < -0.39 is 0 Å². The fourth-order valence-electron chi connectivity index (χ4n) is 4.02. The summed E-state index contributed by atoms with van der Waals surface area (Å²) in [5.74, 6) is 2.07. The van der Waals surface area contributed by atoms with Crippen LogP contribution in [0.15, 0.2) is 67.1 Å². The van der Waals surface area contributed by atoms with Crippen LogP contribution in [0.5, 0.6) is 5.75 Å². The number of hydrogen-bond acceptors (Lipinski definition) is 7. The van der Waals surface area contributed by atoms with Crippen LogP contribution in [0.2, 0.25) is 0 Å². The van der Waals surface area contributed by atoms with Crippen molar-refractivity contribution in [3.05, 3.63) is 84.1 Å². The van der Waals surface area contributed by atoms with Crippen molar-refractivity contribution in [3.8, 4) is 23.1 Å². The van der Waals surface area contributed by atoms with E-state index in [4.69, 9.17) is 9.47 Å². The number of rotatable bonds is 7. The molecule has 1 fully saturated rings. The van der Waals surface area contributed by atoms with E-state index in [0.29, 0.717) is 30.5 Å². The molecular weight excluding hydrogens is 440 g/mol. The lowest BCUT2D eigenvalue weighted by molar-refractivity contribution is 0.0254. The molecule has 8 heteroatoms. The zero-order chi connectivity index (χ0) is 24.0. The molecule has 0 bridgehead atoms. The molecule has 0 amide bonds. The summed E-state index contributed by atoms with van der Waals surface area (Å²) in [6, 6.07) is 17.8. The SMILES string of the molecule is Cc1nccn1Cc1ccc(Nc2nccc(-c3ccc(OC4CCOCC4)c(C#N)c3)n2)cc1. The average molecular weight is 467 g/mol. The maximum Gasteiger partial charge on any atom is 0.227 e. The van der Waals surface area contributed by atoms with Gasteiger partial charge in [0.05, 0.1) is 24.5 Å². The maximum atomic E-state index is 9.68. The van der Waals surface area contributed by atoms with Crippen molar-refractivity contribution in [2.75, 3.05) is 18.5 Å². The molecule has 1 N–H and O–H groups in total. The fourth-order valence-corrected chi connectivity index (χ4v) is 4.02. The van der Waals surface area contributed by atoms with Gasteiger partial charge in [0.25, 0.3) is 0 Å². The van der Waals surface area contributed by atoms with Gasteiger partial charge in [0, 0.05) is 49.2 Å². The van der Waals surface area contributed by atoms with Crippen molar-refractivity contribution in [2.45, 2.75) is 32.4 Å². The van der Waals surface area contributed by atoms with E-state index in [2.05, 4.69) is 43.0 Å². The molecule has 0 saturated carbocycles. The molecule has 2 aromatic carbocycles. The van der Waals surface area contributed by atoms with Crippen LogP contribution in [0.3, 0.4) is 0 Å². The smallest absolute Gasteiger partial charge is 0.227 e. The number of nitriles is 1. The van der Waals surface area contributed by atoms with E-state index in [1.54, 1.807) is 6.20 Å². The van der Waals surface area contributed by atoms with Gasteiger partial charge in [-0.2, -0.15) is 5.26 Å². The third-order valence-corrected chi connectivity index (χ3v) is 6.00. The van der Waals surface area contributed by atoms with Crippen LogP contribution in [-0.2, 0) is 11.3 Å². The van der Waals surface area contributed by atoms with E-state index in [1.165, 1.54) is 5.56 Å². The summed E-state index contributed by atoms with van der Waals surface area (Å²) >= 11 is 0. The summed E-state index contributed by atoms with van der Waals surface area (Å²) in [7, 11) is 0. The molecular formula is C27H26N6O2. The number of hydrogen-bond donors (Lipinski definition) is 1. The van der Waals surface area contributed by atoms with Gasteiger partial charge in [-0.3, -0.25) is 0 Å². The van der Waals surface area contributed by atoms with Gasteiger partial charge in [-0.25, -0.2) is 15.0 Å². The Bertz CT molecular complexity index is 1340. The molecule has 1 aliphatic heterocycles. The highest BCUT2D eigenvalue weighted by Crippen LogP contribution is 2.28. The maximum absolute atomic E-state index is 9.68. The van der Waals surface area contributed by atoms with Gasteiger partial charge in [0.2, 0.25) is 5.95 Å². The molecule has 0 aliphatic carbocycles. The second kappa shape index (κ2) is 10.4. The Kier molecular flexibility index (Phi) is 6.68. The van der Waals surface area contributed by atoms with Crippen molar-refractivity contribution in [1.82, 2.24) is 19.5 Å². The predicted octanol–water partition coefficient (Wildman–Crippen LogP) is 4.87. The van der Waals surface area contributed by atoms with Gasteiger partial charge in [-0.1, -0.05) is 12.1 Å². The van der Waals surface area contributed by atoms with Gasteiger partial charge in [0.15, 0.2) is 0 Å². The molecule has 3 heterocycles. The Hall–Kier alpha value is -4.22. The monoisotopic (exact) mass is 466 g/mol. The molecule has 176 valence electrons. The molecule has 8 nitrogen and oxygen atoms in total. The summed E-state index contributed by atoms with van der Waals surface area (Å²) in [5, 5.41) is 12.9. The first-order valence-electron chi connectivity index (χ1n) is 11.6. The second-order valence-electron chi connectivity index (χ2n) is 8.44. The Morgan fingerprint density at radius 1 is 1.09 bits per heavy atom. The normalized spacial score (nSPS) is 13.8. The second-order valence-corrected chi connectivity index (χ2v) is 8.44. The van der Waals surface area contributed by atoms with Gasteiger partial charge >= 0.3 is 0 Å². The first kappa shape index (κ1) is 22.6. The number of nitrogens with one attached hydrogen (secondary N) is 1. The van der Waals surface area contributed by atoms with Crippen molar-refractivity contribution < 1.29 is 9.47 Å². The third-order valence-electron chi connectivity index (χ3n) is 6.00. The molecule has 0 spiro atoms. The molecule has 5 rings (SSSR count). The largest absolute Gasteiger partial charge is 0.489 e. The van der Waals surface area contributed by atoms with E-state index in [1.807, 2.05) is 55.7 Å². The number of anilines is 2. The van der Waals surface area contributed by atoms with Gasteiger partial charge in [0.1, 0.15) is 23.7 Å². The number of aromatic nitrogens is 4. The van der Waals surface area contributed by atoms with Crippen LogP contribution in [0.1, 0.15) is 29.8 Å². The minimum Gasteiger partial charge on any atom is -0.489 e. The Morgan fingerprint density at radius 2 is 1.91 bits per heavy atom. The molecule has 2 aromatic heterocycles. The average Bonchev–Trinajstić information content (AvgIpc) is 3.30. The molecule has 0 unspecified atom stereocenters. The molecule has 0 radical (unpaired) electrons. The van der Waals surface area contributed by atoms with Gasteiger partial charge in [-0.05, 0) is 48.9 Å². The van der Waals surface area contributed by atoms with E-state index in [0.717, 1.165) is 42.2 Å². The molecule has 1 saturated heterocycles. The lowest BCUT2D eigenvalue weighted by Crippen LogP contribution is -2.26. The Morgan fingerprint density at radius 3 is 2.66 bits per heavy atom. The molecule has 35 heavy (non-hydrogen) atoms. The van der Waals surface area contributed by atoms with E-state index >= 15 is 0 Å². The number of nitrogens with zero attached hydrogens (tertiary/aromatic N) is 5. The highest BCUT2D eigenvalue weighted by atomic mass is 16.5. The summed E-state index contributed by atoms with van der Waals surface area (Å²) < 4.78 is 13.6. The summed E-state index contributed by atoms with van der Waals surface area (Å²) in [4.78, 5) is 13.3. The lowest BCUT2D eigenvalue weighted by atomic mass is 10.1. The Balaban J connectivity index is 1.29. The van der Waals surface area contributed by atoms with Crippen LogP contribution in [0.25, 0.3) is 11.3 Å². The summed E-state index contributed by atoms with van der Waals surface area (Å²) in [5.41, 5.74) is 4.12. The van der Waals surface area contributed by atoms with Crippen LogP contribution >= 0.6 is 0 Å². The standard InChI is InChI=1S/C27H26N6O2/c1-19-29-12-13-33(19)18-20-2-5-23(6-3-20)31-27-30-11-8-25(32-27)21-4-7-26(22(16-21)17-28)35-24-9-14-34-15-10-24/h2-8,11-13,16,24H,9-10,14-15,18H2,1H3,(H,30,31,32). The Labute approximate surface area is 204 Å². The first-order valence-corrected chi connectivity index (χ1v) is 11.6. The number of benzene rings is 2. The predicted molar refractivity (Wildman–Crippen MR) is 132 cm³/mol. The highest BCUT2D eigenvalue weighted by Gasteiger charge is 2.17. The topological polar surface area (TPSA) is 97.9 Å². The first-order chi connectivity index (χ1) is 17.2. The van der Waals surface area contributed by atoms with Gasteiger partial charge in [-0.15, -0.1) is 0 Å². The van der Waals surface area contributed by atoms with Crippen LogP contribution in [-0.4, -0.2) is 38.8 Å². The molecule has 4 aromatic rings. The minimum atomic E-state index is 0.0758. The highest BCUT2D eigenvalue weighted by molar-refractivity contribution is 5.66. The molecule has 0 atom stereocenters. The number of imidazole rings is 1. The summed E-state index contributed by atoms with van der Waals surface area (Å²) in [6.07, 6.45) is 7.23. The summed E-state index contributed by atoms with van der Waals surface area (Å²) in [6.45, 7) is 4.14. The van der Waals surface area contributed by atoms with Crippen LogP contribution in [0.4, 0.5) is 11.6 Å². The van der Waals surface area contributed by atoms with Gasteiger partial charge < -0.3 is 19.4 Å². The van der Waals surface area contributed by atoms with Crippen molar-refractivity contribution in [2.24, 2.45) is 0 Å². The third kappa shape index (κ3) is 5.48. The van der Waals surface area contributed by atoms with Crippen molar-refractivity contribution in [1.29, 1.82) is 5.26 Å². The molecule has 1 aliphatic rings. The number of ether oxygens (including phenoxy) is 2. The minimum absolute atomic E-state index is 0.0758. The van der Waals surface area contributed by atoms with Crippen LogP contribution < -0.4 is 10.1 Å². The lowest BCUT2D eigenvalue weighted by Gasteiger charge is -2.23. The van der Waals surface area contributed by atoms with Crippen LogP contribution in [0, 0.1) is 18.3 Å². The zero-order valence-electron chi connectivity index (χ0n) is 19.5. The fraction of sp³-hybridized carbons (Fsp3) is 0.259.